The highest BCUT2D eigenvalue weighted by atomic mass is 16.5. The first-order chi connectivity index (χ1) is 9.04. The van der Waals surface area contributed by atoms with Gasteiger partial charge in [0.2, 0.25) is 5.91 Å². The number of nitrogens with one attached hydrogen (secondary N) is 1. The molecule has 1 amide bonds. The van der Waals surface area contributed by atoms with Crippen LogP contribution in [0.3, 0.4) is 0 Å². The zero-order chi connectivity index (χ0) is 14.3. The fourth-order valence-corrected chi connectivity index (χ4v) is 1.40. The van der Waals surface area contributed by atoms with Crippen LogP contribution in [0, 0.1) is 0 Å². The smallest absolute Gasteiger partial charge is 0.341 e. The average molecular weight is 265 g/mol. The molecule has 6 heteroatoms. The predicted molar refractivity (Wildman–Crippen MR) is 72.0 cm³/mol. The predicted octanol–water partition coefficient (Wildman–Crippen LogP) is 1.15. The number of rotatable bonds is 6. The van der Waals surface area contributed by atoms with Gasteiger partial charge in [-0.1, -0.05) is 0 Å². The summed E-state index contributed by atoms with van der Waals surface area (Å²) in [6.45, 7) is 2.64. The van der Waals surface area contributed by atoms with Crippen molar-refractivity contribution in [2.24, 2.45) is 0 Å². The number of nitrogens with zero attached hydrogens (tertiary/aromatic N) is 2. The van der Waals surface area contributed by atoms with Crippen molar-refractivity contribution >= 4 is 17.7 Å². The summed E-state index contributed by atoms with van der Waals surface area (Å²) in [5.74, 6) is -0.429. The molecule has 0 radical (unpaired) electrons. The first-order valence-electron chi connectivity index (χ1n) is 6.11. The lowest BCUT2D eigenvalue weighted by molar-refractivity contribution is -0.116. The second-order valence-electron chi connectivity index (χ2n) is 4.22. The third-order valence-electron chi connectivity index (χ3n) is 2.35. The minimum atomic E-state index is -0.487. The molecular weight excluding hydrogens is 246 g/mol. The monoisotopic (exact) mass is 265 g/mol. The van der Waals surface area contributed by atoms with Crippen molar-refractivity contribution in [2.75, 3.05) is 32.6 Å². The number of carbonyl (C=O) groups excluding carboxylic acids is 2. The molecule has 0 spiro atoms. The molecule has 6 nitrogen and oxygen atoms in total. The maximum absolute atomic E-state index is 11.7. The van der Waals surface area contributed by atoms with Gasteiger partial charge in [-0.25, -0.2) is 9.78 Å². The lowest BCUT2D eigenvalue weighted by Gasteiger charge is -2.11. The minimum Gasteiger partial charge on any atom is -0.462 e. The molecular formula is C13H19N3O3. The number of hydrogen-bond donors (Lipinski definition) is 1. The van der Waals surface area contributed by atoms with E-state index < -0.39 is 5.97 Å². The fraction of sp³-hybridized carbons (Fsp3) is 0.462. The van der Waals surface area contributed by atoms with Crippen molar-refractivity contribution in [1.29, 1.82) is 0 Å². The Labute approximate surface area is 112 Å². The number of carbonyl (C=O) groups is 2. The Morgan fingerprint density at radius 1 is 1.42 bits per heavy atom. The Kier molecular flexibility index (Phi) is 5.95. The van der Waals surface area contributed by atoms with E-state index in [0.717, 1.165) is 0 Å². The summed E-state index contributed by atoms with van der Waals surface area (Å²) in [7, 11) is 3.77. The molecule has 0 unspecified atom stereocenters. The van der Waals surface area contributed by atoms with Gasteiger partial charge in [-0.3, -0.25) is 4.79 Å². The Hall–Kier alpha value is -1.95. The van der Waals surface area contributed by atoms with Crippen LogP contribution in [0.5, 0.6) is 0 Å². The van der Waals surface area contributed by atoms with Crippen molar-refractivity contribution in [3.63, 3.8) is 0 Å². The van der Waals surface area contributed by atoms with Gasteiger partial charge in [0.05, 0.1) is 6.61 Å². The van der Waals surface area contributed by atoms with E-state index in [2.05, 4.69) is 10.3 Å². The number of ether oxygens (including phenoxy) is 1. The number of pyridine rings is 1. The molecule has 0 fully saturated rings. The summed E-state index contributed by atoms with van der Waals surface area (Å²) in [6, 6.07) is 3.20. The van der Waals surface area contributed by atoms with Crippen LogP contribution in [0.1, 0.15) is 23.7 Å². The van der Waals surface area contributed by atoms with Crippen LogP contribution < -0.4 is 5.32 Å². The Morgan fingerprint density at radius 3 is 2.79 bits per heavy atom. The van der Waals surface area contributed by atoms with Crippen molar-refractivity contribution in [3.8, 4) is 0 Å². The molecule has 1 rings (SSSR count). The van der Waals surface area contributed by atoms with E-state index in [1.54, 1.807) is 19.1 Å². The summed E-state index contributed by atoms with van der Waals surface area (Å²) < 4.78 is 4.91. The van der Waals surface area contributed by atoms with Gasteiger partial charge in [0.1, 0.15) is 11.4 Å². The van der Waals surface area contributed by atoms with Gasteiger partial charge in [0.15, 0.2) is 0 Å². The third-order valence-corrected chi connectivity index (χ3v) is 2.35. The SMILES string of the molecule is CCOC(=O)c1cccnc1NC(=O)CCN(C)C. The lowest BCUT2D eigenvalue weighted by atomic mass is 10.2. The molecule has 104 valence electrons. The van der Waals surface area contributed by atoms with E-state index in [1.807, 2.05) is 19.0 Å². The number of aromatic nitrogens is 1. The first kappa shape index (κ1) is 15.1. The average Bonchev–Trinajstić information content (AvgIpc) is 2.37. The summed E-state index contributed by atoms with van der Waals surface area (Å²) in [6.07, 6.45) is 1.86. The molecule has 0 bridgehead atoms. The molecule has 0 saturated heterocycles. The van der Waals surface area contributed by atoms with Crippen LogP contribution in [0.15, 0.2) is 18.3 Å². The van der Waals surface area contributed by atoms with Crippen LogP contribution in [-0.2, 0) is 9.53 Å². The van der Waals surface area contributed by atoms with Crippen LogP contribution in [-0.4, -0.2) is 49.0 Å². The molecule has 0 aliphatic carbocycles. The second kappa shape index (κ2) is 7.48. The molecule has 1 N–H and O–H groups in total. The summed E-state index contributed by atoms with van der Waals surface area (Å²) in [5, 5.41) is 2.63. The van der Waals surface area contributed by atoms with Gasteiger partial charge in [-0.15, -0.1) is 0 Å². The second-order valence-corrected chi connectivity index (χ2v) is 4.22. The number of esters is 1. The van der Waals surface area contributed by atoms with Crippen LogP contribution >= 0.6 is 0 Å². The van der Waals surface area contributed by atoms with E-state index in [-0.39, 0.29) is 23.9 Å². The molecule has 0 aromatic carbocycles. The largest absolute Gasteiger partial charge is 0.462 e. The summed E-state index contributed by atoms with van der Waals surface area (Å²) >= 11 is 0. The number of hydrogen-bond acceptors (Lipinski definition) is 5. The highest BCUT2D eigenvalue weighted by Crippen LogP contribution is 2.13. The molecule has 1 aromatic rings. The van der Waals surface area contributed by atoms with E-state index in [9.17, 15) is 9.59 Å². The van der Waals surface area contributed by atoms with Crippen molar-refractivity contribution in [1.82, 2.24) is 9.88 Å². The normalized spacial score (nSPS) is 10.3. The van der Waals surface area contributed by atoms with Crippen molar-refractivity contribution in [2.45, 2.75) is 13.3 Å². The van der Waals surface area contributed by atoms with E-state index >= 15 is 0 Å². The minimum absolute atomic E-state index is 0.182. The highest BCUT2D eigenvalue weighted by molar-refractivity contribution is 5.99. The van der Waals surface area contributed by atoms with Gasteiger partial charge in [-0.2, -0.15) is 0 Å². The zero-order valence-corrected chi connectivity index (χ0v) is 11.5. The quantitative estimate of drug-likeness (QED) is 0.781. The van der Waals surface area contributed by atoms with E-state index in [1.165, 1.54) is 6.20 Å². The van der Waals surface area contributed by atoms with Gasteiger partial charge < -0.3 is 15.0 Å². The maximum atomic E-state index is 11.7. The maximum Gasteiger partial charge on any atom is 0.341 e. The number of amides is 1. The molecule has 1 aromatic heterocycles. The lowest BCUT2D eigenvalue weighted by Crippen LogP contribution is -2.22. The molecule has 0 saturated carbocycles. The standard InChI is InChI=1S/C13H19N3O3/c1-4-19-13(18)10-6-5-8-14-12(10)15-11(17)7-9-16(2)3/h5-6,8H,4,7,9H2,1-3H3,(H,14,15,17). The summed E-state index contributed by atoms with van der Waals surface area (Å²) in [5.41, 5.74) is 0.266. The summed E-state index contributed by atoms with van der Waals surface area (Å²) in [4.78, 5) is 29.3. The molecule has 0 aliphatic rings. The van der Waals surface area contributed by atoms with Crippen LogP contribution in [0.25, 0.3) is 0 Å². The third kappa shape index (κ3) is 5.05. The topological polar surface area (TPSA) is 71.5 Å². The molecule has 19 heavy (non-hydrogen) atoms. The van der Waals surface area contributed by atoms with Gasteiger partial charge in [-0.05, 0) is 33.2 Å². The van der Waals surface area contributed by atoms with Crippen molar-refractivity contribution in [3.05, 3.63) is 23.9 Å². The van der Waals surface area contributed by atoms with Gasteiger partial charge >= 0.3 is 5.97 Å². The molecule has 0 aliphatic heterocycles. The zero-order valence-electron chi connectivity index (χ0n) is 11.5. The van der Waals surface area contributed by atoms with Crippen molar-refractivity contribution < 1.29 is 14.3 Å². The number of anilines is 1. The van der Waals surface area contributed by atoms with Gasteiger partial charge in [0.25, 0.3) is 0 Å². The Balaban J connectivity index is 2.72. The highest BCUT2D eigenvalue weighted by Gasteiger charge is 2.15. The van der Waals surface area contributed by atoms with E-state index in [0.29, 0.717) is 13.0 Å². The van der Waals surface area contributed by atoms with Crippen LogP contribution in [0.4, 0.5) is 5.82 Å². The van der Waals surface area contributed by atoms with Gasteiger partial charge in [0, 0.05) is 19.2 Å². The van der Waals surface area contributed by atoms with Crippen LogP contribution in [0.2, 0.25) is 0 Å². The Morgan fingerprint density at radius 2 is 2.16 bits per heavy atom. The molecule has 0 atom stereocenters. The van der Waals surface area contributed by atoms with E-state index in [4.69, 9.17) is 4.74 Å². The first-order valence-corrected chi connectivity index (χ1v) is 6.11. The Bertz CT molecular complexity index is 447. The molecule has 1 heterocycles. The fourth-order valence-electron chi connectivity index (χ4n) is 1.40.